The third kappa shape index (κ3) is 4.97. The van der Waals surface area contributed by atoms with Crippen LogP contribution in [0.1, 0.15) is 35.5 Å². The lowest BCUT2D eigenvalue weighted by Crippen LogP contribution is -2.27. The summed E-state index contributed by atoms with van der Waals surface area (Å²) in [5, 5.41) is 22.3. The number of hydrogen-bond acceptors (Lipinski definition) is 8. The molecule has 1 aliphatic rings. The molecule has 0 saturated carbocycles. The largest absolute Gasteiger partial charge is 0.383 e. The maximum absolute atomic E-state index is 14.1. The average molecular weight is 443 g/mol. The van der Waals surface area contributed by atoms with E-state index in [0.717, 1.165) is 0 Å². The van der Waals surface area contributed by atoms with Crippen LogP contribution in [-0.4, -0.2) is 46.9 Å². The lowest BCUT2D eigenvalue weighted by atomic mass is 10.0. The molecule has 162 valence electrons. The Morgan fingerprint density at radius 1 is 1.29 bits per heavy atom. The lowest BCUT2D eigenvalue weighted by molar-refractivity contribution is 0.0933. The van der Waals surface area contributed by atoms with Crippen molar-refractivity contribution in [2.75, 3.05) is 25.6 Å². The molecule has 2 heterocycles. The van der Waals surface area contributed by atoms with Crippen LogP contribution in [0, 0.1) is 16.6 Å². The Bertz CT molecular complexity index is 1090. The fourth-order valence-electron chi connectivity index (χ4n) is 2.97. The van der Waals surface area contributed by atoms with Gasteiger partial charge in [-0.3, -0.25) is 10.2 Å². The van der Waals surface area contributed by atoms with Gasteiger partial charge in [0.25, 0.3) is 5.91 Å². The Balaban J connectivity index is 1.80. The minimum atomic E-state index is -0.599. The number of allylic oxidation sites excluding steroid dienone is 1. The van der Waals surface area contributed by atoms with Crippen molar-refractivity contribution >= 4 is 39.8 Å². The molecule has 1 aromatic carbocycles. The van der Waals surface area contributed by atoms with Crippen molar-refractivity contribution in [3.8, 4) is 0 Å². The second kappa shape index (κ2) is 9.80. The first-order chi connectivity index (χ1) is 14.8. The van der Waals surface area contributed by atoms with Crippen molar-refractivity contribution in [1.82, 2.24) is 15.3 Å². The molecule has 0 spiro atoms. The van der Waals surface area contributed by atoms with E-state index < -0.39 is 11.7 Å². The van der Waals surface area contributed by atoms with Gasteiger partial charge in [-0.1, -0.05) is 17.8 Å². The molecular formula is C21H23FN6O2S. The summed E-state index contributed by atoms with van der Waals surface area (Å²) in [7, 11) is 1.52. The summed E-state index contributed by atoms with van der Waals surface area (Å²) in [4.78, 5) is 21.5. The monoisotopic (exact) mass is 442 g/mol. The van der Waals surface area contributed by atoms with Crippen LogP contribution in [0.3, 0.4) is 0 Å². The van der Waals surface area contributed by atoms with E-state index in [1.165, 1.54) is 37.3 Å². The summed E-state index contributed by atoms with van der Waals surface area (Å²) >= 11 is 1.23. The van der Waals surface area contributed by atoms with Gasteiger partial charge in [-0.2, -0.15) is 0 Å². The number of carbonyl (C=O) groups excluding carboxylic acids is 1. The van der Waals surface area contributed by atoms with Crippen molar-refractivity contribution in [1.29, 1.82) is 10.8 Å². The van der Waals surface area contributed by atoms with Gasteiger partial charge in [0.1, 0.15) is 23.0 Å². The third-order valence-electron chi connectivity index (χ3n) is 4.74. The molecule has 0 aliphatic carbocycles. The average Bonchev–Trinajstić information content (AvgIpc) is 3.08. The van der Waals surface area contributed by atoms with Gasteiger partial charge in [0.2, 0.25) is 0 Å². The molecule has 3 rings (SSSR count). The van der Waals surface area contributed by atoms with E-state index in [9.17, 15) is 9.18 Å². The zero-order valence-corrected chi connectivity index (χ0v) is 18.2. The Labute approximate surface area is 183 Å². The molecule has 0 bridgehead atoms. The van der Waals surface area contributed by atoms with E-state index in [2.05, 4.69) is 20.6 Å². The summed E-state index contributed by atoms with van der Waals surface area (Å²) in [6.45, 7) is 4.41. The first kappa shape index (κ1) is 22.6. The predicted molar refractivity (Wildman–Crippen MR) is 120 cm³/mol. The molecule has 1 aliphatic heterocycles. The Hall–Kier alpha value is -3.11. The second-order valence-corrected chi connectivity index (χ2v) is 7.89. The van der Waals surface area contributed by atoms with Crippen LogP contribution < -0.4 is 10.6 Å². The zero-order chi connectivity index (χ0) is 22.5. The number of amides is 1. The quantitative estimate of drug-likeness (QED) is 0.366. The number of halogens is 1. The topological polar surface area (TPSA) is 124 Å². The minimum absolute atomic E-state index is 0.0400. The molecule has 1 aromatic heterocycles. The molecule has 0 fully saturated rings. The summed E-state index contributed by atoms with van der Waals surface area (Å²) < 4.78 is 19.0. The van der Waals surface area contributed by atoms with Crippen LogP contribution in [0.5, 0.6) is 0 Å². The van der Waals surface area contributed by atoms with Crippen molar-refractivity contribution in [2.45, 2.75) is 25.3 Å². The van der Waals surface area contributed by atoms with Crippen molar-refractivity contribution in [3.05, 3.63) is 52.7 Å². The standard InChI is InChI=1S/C21H23FN6O2S/c1-11(12(2)23)16-17-18(31-19(16)24)20(28-10-27-17)26-9-13-4-5-15(22)14(8-13)21(29)25-6-7-30-3/h4-5,8,10,23-24H,6-7,9H2,1-3H3,(H,25,29)(H,26,27,28)/b16-11-,23-12?,24-19?. The summed E-state index contributed by atoms with van der Waals surface area (Å²) in [6.07, 6.45) is 1.41. The van der Waals surface area contributed by atoms with Gasteiger partial charge in [0.15, 0.2) is 0 Å². The number of rotatable bonds is 8. The number of thioether (sulfide) groups is 1. The number of fused-ring (bicyclic) bond motifs is 1. The fourth-order valence-corrected chi connectivity index (χ4v) is 4.00. The number of ether oxygens (including phenoxy) is 1. The molecule has 0 radical (unpaired) electrons. The SMILES string of the molecule is COCCNC(=O)c1cc(CNc2ncnc3c2SC(=N)/C3=C(/C)C(C)=N)ccc1F. The number of carbonyl (C=O) groups is 1. The van der Waals surface area contributed by atoms with Gasteiger partial charge in [-0.05, 0) is 37.1 Å². The van der Waals surface area contributed by atoms with Crippen molar-refractivity contribution in [3.63, 3.8) is 0 Å². The zero-order valence-electron chi connectivity index (χ0n) is 17.4. The number of benzene rings is 1. The highest BCUT2D eigenvalue weighted by Crippen LogP contribution is 2.44. The van der Waals surface area contributed by atoms with Crippen LogP contribution in [0.4, 0.5) is 10.2 Å². The third-order valence-corrected chi connectivity index (χ3v) is 5.74. The van der Waals surface area contributed by atoms with Crippen LogP contribution in [0.25, 0.3) is 5.57 Å². The number of hydrogen-bond donors (Lipinski definition) is 4. The number of nitrogens with zero attached hydrogens (tertiary/aromatic N) is 2. The van der Waals surface area contributed by atoms with Gasteiger partial charge in [0, 0.05) is 31.5 Å². The summed E-state index contributed by atoms with van der Waals surface area (Å²) in [6, 6.07) is 4.35. The van der Waals surface area contributed by atoms with Crippen molar-refractivity contribution in [2.24, 2.45) is 0 Å². The molecule has 10 heteroatoms. The van der Waals surface area contributed by atoms with Gasteiger partial charge in [-0.15, -0.1) is 0 Å². The first-order valence-electron chi connectivity index (χ1n) is 9.51. The van der Waals surface area contributed by atoms with Crippen LogP contribution in [0.15, 0.2) is 35.0 Å². The van der Waals surface area contributed by atoms with Crippen LogP contribution in [-0.2, 0) is 11.3 Å². The van der Waals surface area contributed by atoms with Crippen molar-refractivity contribution < 1.29 is 13.9 Å². The molecule has 0 saturated heterocycles. The maximum Gasteiger partial charge on any atom is 0.254 e. The van der Waals surface area contributed by atoms with E-state index in [1.54, 1.807) is 19.9 Å². The maximum atomic E-state index is 14.1. The van der Waals surface area contributed by atoms with Gasteiger partial charge in [-0.25, -0.2) is 14.4 Å². The lowest BCUT2D eigenvalue weighted by Gasteiger charge is -2.11. The van der Waals surface area contributed by atoms with E-state index in [4.69, 9.17) is 15.6 Å². The van der Waals surface area contributed by atoms with Gasteiger partial charge in [0.05, 0.1) is 22.8 Å². The normalized spacial score (nSPS) is 14.3. The number of aromatic nitrogens is 2. The molecule has 2 aromatic rings. The molecule has 1 amide bonds. The Kier molecular flexibility index (Phi) is 7.13. The van der Waals surface area contributed by atoms with E-state index in [-0.39, 0.29) is 12.1 Å². The highest BCUT2D eigenvalue weighted by atomic mass is 32.2. The number of anilines is 1. The smallest absolute Gasteiger partial charge is 0.254 e. The molecule has 31 heavy (non-hydrogen) atoms. The first-order valence-corrected chi connectivity index (χ1v) is 10.3. The van der Waals surface area contributed by atoms with E-state index in [1.807, 2.05) is 0 Å². The Morgan fingerprint density at radius 3 is 2.77 bits per heavy atom. The highest BCUT2D eigenvalue weighted by Gasteiger charge is 2.29. The summed E-state index contributed by atoms with van der Waals surface area (Å²) in [5.41, 5.74) is 2.99. The number of methoxy groups -OCH3 is 1. The van der Waals surface area contributed by atoms with Gasteiger partial charge < -0.3 is 20.8 Å². The Morgan fingerprint density at radius 2 is 2.06 bits per heavy atom. The molecule has 4 N–H and O–H groups in total. The summed E-state index contributed by atoms with van der Waals surface area (Å²) in [5.74, 6) is -0.561. The fraction of sp³-hybridized carbons (Fsp3) is 0.286. The molecule has 0 unspecified atom stereocenters. The predicted octanol–water partition coefficient (Wildman–Crippen LogP) is 3.50. The van der Waals surface area contributed by atoms with Crippen LogP contribution >= 0.6 is 11.8 Å². The van der Waals surface area contributed by atoms with E-state index in [0.29, 0.717) is 57.0 Å². The van der Waals surface area contributed by atoms with E-state index >= 15 is 0 Å². The highest BCUT2D eigenvalue weighted by molar-refractivity contribution is 8.15. The van der Waals surface area contributed by atoms with Gasteiger partial charge >= 0.3 is 0 Å². The molecular weight excluding hydrogens is 419 g/mol. The van der Waals surface area contributed by atoms with Crippen LogP contribution in [0.2, 0.25) is 0 Å². The second-order valence-electron chi connectivity index (χ2n) is 6.87. The molecule has 8 nitrogen and oxygen atoms in total. The molecule has 0 atom stereocenters. The number of nitrogens with one attached hydrogen (secondary N) is 4. The minimum Gasteiger partial charge on any atom is -0.383 e.